The monoisotopic (exact) mass is 224 g/mol. The van der Waals surface area contributed by atoms with E-state index in [9.17, 15) is 0 Å². The second-order valence-corrected chi connectivity index (χ2v) is 5.62. The van der Waals surface area contributed by atoms with Crippen LogP contribution >= 0.6 is 0 Å². The third kappa shape index (κ3) is 2.41. The second-order valence-electron chi connectivity index (χ2n) is 5.62. The van der Waals surface area contributed by atoms with Gasteiger partial charge in [-0.05, 0) is 51.1 Å². The van der Waals surface area contributed by atoms with Crippen LogP contribution in [-0.2, 0) is 4.74 Å². The summed E-state index contributed by atoms with van der Waals surface area (Å²) in [6.45, 7) is 6.12. The zero-order valence-corrected chi connectivity index (χ0v) is 10.2. The van der Waals surface area contributed by atoms with E-state index in [0.717, 1.165) is 18.6 Å². The lowest BCUT2D eigenvalue weighted by molar-refractivity contribution is 0.0815. The van der Waals surface area contributed by atoms with E-state index >= 15 is 0 Å². The topological polar surface area (TPSA) is 24.5 Å². The quantitative estimate of drug-likeness (QED) is 0.780. The molecule has 3 rings (SSSR count). The first-order chi connectivity index (χ1) is 7.92. The maximum Gasteiger partial charge on any atom is 0.0588 e. The standard InChI is InChI=1S/C13H24N2O/c1-2-12(16-9-1)4-7-15-8-5-13-11(10-15)3-6-14-13/h11-14H,1-10H2. The number of nitrogens with one attached hydrogen (secondary N) is 1. The Kier molecular flexibility index (Phi) is 3.46. The molecule has 0 aliphatic carbocycles. The van der Waals surface area contributed by atoms with Crippen LogP contribution in [0.4, 0.5) is 0 Å². The van der Waals surface area contributed by atoms with Gasteiger partial charge in [0, 0.05) is 25.7 Å². The van der Waals surface area contributed by atoms with Crippen molar-refractivity contribution in [3.05, 3.63) is 0 Å². The number of hydrogen-bond donors (Lipinski definition) is 1. The molecule has 3 nitrogen and oxygen atoms in total. The van der Waals surface area contributed by atoms with Crippen molar-refractivity contribution in [3.8, 4) is 0 Å². The van der Waals surface area contributed by atoms with Gasteiger partial charge in [0.05, 0.1) is 6.10 Å². The van der Waals surface area contributed by atoms with Crippen molar-refractivity contribution in [2.24, 2.45) is 5.92 Å². The largest absolute Gasteiger partial charge is 0.378 e. The summed E-state index contributed by atoms with van der Waals surface area (Å²) in [7, 11) is 0. The van der Waals surface area contributed by atoms with Crippen molar-refractivity contribution in [3.63, 3.8) is 0 Å². The number of hydrogen-bond acceptors (Lipinski definition) is 3. The van der Waals surface area contributed by atoms with E-state index in [4.69, 9.17) is 4.74 Å². The molecule has 0 aromatic rings. The number of ether oxygens (including phenoxy) is 1. The lowest BCUT2D eigenvalue weighted by atomic mass is 9.93. The summed E-state index contributed by atoms with van der Waals surface area (Å²) >= 11 is 0. The van der Waals surface area contributed by atoms with Crippen molar-refractivity contribution in [1.82, 2.24) is 10.2 Å². The van der Waals surface area contributed by atoms with Gasteiger partial charge in [-0.1, -0.05) is 0 Å². The molecular formula is C13H24N2O. The summed E-state index contributed by atoms with van der Waals surface area (Å²) in [6, 6.07) is 0.832. The molecule has 0 radical (unpaired) electrons. The van der Waals surface area contributed by atoms with Crippen LogP contribution in [0.1, 0.15) is 32.1 Å². The Balaban J connectivity index is 1.42. The van der Waals surface area contributed by atoms with E-state index in [1.807, 2.05) is 0 Å². The van der Waals surface area contributed by atoms with Crippen molar-refractivity contribution in [2.45, 2.75) is 44.2 Å². The minimum atomic E-state index is 0.569. The molecule has 3 saturated heterocycles. The van der Waals surface area contributed by atoms with Gasteiger partial charge in [0.25, 0.3) is 0 Å². The van der Waals surface area contributed by atoms with Crippen LogP contribution in [0.25, 0.3) is 0 Å². The highest BCUT2D eigenvalue weighted by molar-refractivity contribution is 4.90. The van der Waals surface area contributed by atoms with Crippen LogP contribution in [0, 0.1) is 5.92 Å². The van der Waals surface area contributed by atoms with Crippen molar-refractivity contribution in [2.75, 3.05) is 32.8 Å². The fraction of sp³-hybridized carbons (Fsp3) is 1.00. The molecule has 0 spiro atoms. The van der Waals surface area contributed by atoms with Crippen LogP contribution in [0.5, 0.6) is 0 Å². The van der Waals surface area contributed by atoms with Gasteiger partial charge in [-0.25, -0.2) is 0 Å². The van der Waals surface area contributed by atoms with Gasteiger partial charge in [0.1, 0.15) is 0 Å². The molecule has 92 valence electrons. The second kappa shape index (κ2) is 5.03. The lowest BCUT2D eigenvalue weighted by Gasteiger charge is -2.35. The van der Waals surface area contributed by atoms with Crippen molar-refractivity contribution < 1.29 is 4.74 Å². The van der Waals surface area contributed by atoms with Crippen LogP contribution < -0.4 is 5.32 Å². The first-order valence-electron chi connectivity index (χ1n) is 6.99. The highest BCUT2D eigenvalue weighted by atomic mass is 16.5. The predicted octanol–water partition coefficient (Wildman–Crippen LogP) is 1.24. The molecule has 3 aliphatic heterocycles. The molecule has 3 aliphatic rings. The Morgan fingerprint density at radius 3 is 3.12 bits per heavy atom. The van der Waals surface area contributed by atoms with E-state index in [2.05, 4.69) is 10.2 Å². The number of likely N-dealkylation sites (tertiary alicyclic amines) is 1. The third-order valence-corrected chi connectivity index (χ3v) is 4.53. The fourth-order valence-corrected chi connectivity index (χ4v) is 3.52. The van der Waals surface area contributed by atoms with Gasteiger partial charge in [-0.3, -0.25) is 0 Å². The summed E-state index contributed by atoms with van der Waals surface area (Å²) in [5.74, 6) is 0.929. The molecule has 0 bridgehead atoms. The highest BCUT2D eigenvalue weighted by Crippen LogP contribution is 2.25. The maximum atomic E-state index is 5.69. The van der Waals surface area contributed by atoms with E-state index in [0.29, 0.717) is 6.10 Å². The summed E-state index contributed by atoms with van der Waals surface area (Å²) in [4.78, 5) is 2.66. The Morgan fingerprint density at radius 1 is 1.25 bits per heavy atom. The van der Waals surface area contributed by atoms with Crippen molar-refractivity contribution in [1.29, 1.82) is 0 Å². The van der Waals surface area contributed by atoms with Gasteiger partial charge in [0.15, 0.2) is 0 Å². The van der Waals surface area contributed by atoms with Gasteiger partial charge in [-0.2, -0.15) is 0 Å². The summed E-state index contributed by atoms with van der Waals surface area (Å²) in [6.07, 6.45) is 7.14. The Morgan fingerprint density at radius 2 is 2.25 bits per heavy atom. The highest BCUT2D eigenvalue weighted by Gasteiger charge is 2.32. The average Bonchev–Trinajstić information content (AvgIpc) is 2.97. The zero-order chi connectivity index (χ0) is 10.8. The van der Waals surface area contributed by atoms with Crippen LogP contribution in [0.2, 0.25) is 0 Å². The molecule has 0 amide bonds. The minimum absolute atomic E-state index is 0.569. The Hall–Kier alpha value is -0.120. The van der Waals surface area contributed by atoms with E-state index in [1.54, 1.807) is 0 Å². The normalized spacial score (nSPS) is 40.1. The number of rotatable bonds is 3. The lowest BCUT2D eigenvalue weighted by Crippen LogP contribution is -2.45. The third-order valence-electron chi connectivity index (χ3n) is 4.53. The summed E-state index contributed by atoms with van der Waals surface area (Å²) in [5.41, 5.74) is 0. The van der Waals surface area contributed by atoms with Gasteiger partial charge < -0.3 is 15.0 Å². The molecule has 3 heteroatoms. The predicted molar refractivity (Wildman–Crippen MR) is 64.5 cm³/mol. The van der Waals surface area contributed by atoms with Crippen LogP contribution in [0.3, 0.4) is 0 Å². The molecule has 1 N–H and O–H groups in total. The zero-order valence-electron chi connectivity index (χ0n) is 10.2. The molecular weight excluding hydrogens is 200 g/mol. The first-order valence-corrected chi connectivity index (χ1v) is 6.99. The Labute approximate surface area is 98.5 Å². The molecule has 3 unspecified atom stereocenters. The van der Waals surface area contributed by atoms with Gasteiger partial charge in [0.2, 0.25) is 0 Å². The molecule has 16 heavy (non-hydrogen) atoms. The van der Waals surface area contributed by atoms with Crippen LogP contribution in [0.15, 0.2) is 0 Å². The van der Waals surface area contributed by atoms with E-state index in [1.165, 1.54) is 58.3 Å². The SMILES string of the molecule is C1COC(CCN2CCC3NCCC3C2)C1. The molecule has 0 aromatic carbocycles. The molecule has 3 heterocycles. The molecule has 3 fully saturated rings. The fourth-order valence-electron chi connectivity index (χ4n) is 3.52. The van der Waals surface area contributed by atoms with E-state index in [-0.39, 0.29) is 0 Å². The van der Waals surface area contributed by atoms with Crippen LogP contribution in [-0.4, -0.2) is 49.8 Å². The minimum Gasteiger partial charge on any atom is -0.378 e. The molecule has 0 saturated carbocycles. The average molecular weight is 224 g/mol. The number of piperidine rings is 1. The summed E-state index contributed by atoms with van der Waals surface area (Å²) in [5, 5.41) is 3.62. The smallest absolute Gasteiger partial charge is 0.0588 e. The van der Waals surface area contributed by atoms with E-state index < -0.39 is 0 Å². The van der Waals surface area contributed by atoms with Gasteiger partial charge in [-0.15, -0.1) is 0 Å². The molecule has 3 atom stereocenters. The summed E-state index contributed by atoms with van der Waals surface area (Å²) < 4.78 is 5.69. The first kappa shape index (κ1) is 11.0. The maximum absolute atomic E-state index is 5.69. The molecule has 0 aromatic heterocycles. The van der Waals surface area contributed by atoms with Gasteiger partial charge >= 0.3 is 0 Å². The number of fused-ring (bicyclic) bond motifs is 1. The van der Waals surface area contributed by atoms with Crippen molar-refractivity contribution >= 4 is 0 Å². The number of nitrogens with zero attached hydrogens (tertiary/aromatic N) is 1. The Bertz CT molecular complexity index is 228.